The first-order valence-corrected chi connectivity index (χ1v) is 13.7. The molecule has 1 unspecified atom stereocenters. The van der Waals surface area contributed by atoms with Gasteiger partial charge in [-0.05, 0) is 56.0 Å². The van der Waals surface area contributed by atoms with Crippen LogP contribution in [0.5, 0.6) is 0 Å². The van der Waals surface area contributed by atoms with Crippen molar-refractivity contribution in [2.75, 3.05) is 38.2 Å². The lowest BCUT2D eigenvalue weighted by molar-refractivity contribution is -0.141. The molecule has 8 nitrogen and oxygen atoms in total. The van der Waals surface area contributed by atoms with E-state index in [1.165, 1.54) is 31.3 Å². The van der Waals surface area contributed by atoms with Gasteiger partial charge in [0.25, 0.3) is 5.91 Å². The average molecular weight is 529 g/mol. The number of rotatable bonds is 7. The number of halogens is 3. The molecule has 36 heavy (non-hydrogen) atoms. The zero-order valence-electron chi connectivity index (χ0n) is 20.1. The number of sulfone groups is 1. The molecule has 1 saturated heterocycles. The van der Waals surface area contributed by atoms with E-state index >= 15 is 0 Å². The van der Waals surface area contributed by atoms with E-state index in [-0.39, 0.29) is 22.2 Å². The van der Waals surface area contributed by atoms with Crippen LogP contribution in [0.4, 0.5) is 18.9 Å². The molecule has 198 valence electrons. The highest BCUT2D eigenvalue weighted by atomic mass is 32.2. The SMILES string of the molecule is Cn1nc(C(F)(F)F)cc1C(=O)Nc1ccc(S(=O)(=O)C2CCCC[C@H]2CCN2CCOCC2)cc1. The van der Waals surface area contributed by atoms with E-state index in [4.69, 9.17) is 4.74 Å². The molecular formula is C24H31F3N4O4S. The molecular weight excluding hydrogens is 497 g/mol. The highest BCUT2D eigenvalue weighted by Crippen LogP contribution is 2.36. The minimum atomic E-state index is -4.66. The predicted octanol–water partition coefficient (Wildman–Crippen LogP) is 3.75. The fraction of sp³-hybridized carbons (Fsp3) is 0.583. The van der Waals surface area contributed by atoms with Crippen LogP contribution in [0.15, 0.2) is 35.2 Å². The molecule has 4 rings (SSSR count). The second kappa shape index (κ2) is 10.9. The van der Waals surface area contributed by atoms with Crippen molar-refractivity contribution in [3.63, 3.8) is 0 Å². The third-order valence-electron chi connectivity index (χ3n) is 7.00. The van der Waals surface area contributed by atoms with Gasteiger partial charge in [-0.2, -0.15) is 18.3 Å². The highest BCUT2D eigenvalue weighted by Gasteiger charge is 2.37. The molecule has 2 fully saturated rings. The monoisotopic (exact) mass is 528 g/mol. The van der Waals surface area contributed by atoms with Crippen LogP contribution in [0, 0.1) is 5.92 Å². The smallest absolute Gasteiger partial charge is 0.379 e. The van der Waals surface area contributed by atoms with E-state index in [9.17, 15) is 26.4 Å². The lowest BCUT2D eigenvalue weighted by Gasteiger charge is -2.34. The zero-order chi connectivity index (χ0) is 25.9. The van der Waals surface area contributed by atoms with Gasteiger partial charge in [-0.25, -0.2) is 8.42 Å². The quantitative estimate of drug-likeness (QED) is 0.589. The summed E-state index contributed by atoms with van der Waals surface area (Å²) < 4.78 is 71.9. The van der Waals surface area contributed by atoms with Crippen LogP contribution in [-0.2, 0) is 27.8 Å². The van der Waals surface area contributed by atoms with E-state index < -0.39 is 32.9 Å². The minimum absolute atomic E-state index is 0.0821. The molecule has 1 aromatic heterocycles. The molecule has 2 aliphatic rings. The Morgan fingerprint density at radius 3 is 2.44 bits per heavy atom. The van der Waals surface area contributed by atoms with Gasteiger partial charge in [-0.3, -0.25) is 14.4 Å². The summed E-state index contributed by atoms with van der Waals surface area (Å²) in [4.78, 5) is 15.0. The molecule has 0 bridgehead atoms. The third-order valence-corrected chi connectivity index (χ3v) is 9.35. The first kappa shape index (κ1) is 26.6. The van der Waals surface area contributed by atoms with Crippen LogP contribution in [0.2, 0.25) is 0 Å². The Bertz CT molecular complexity index is 1160. The first-order valence-electron chi connectivity index (χ1n) is 12.1. The molecule has 2 heterocycles. The summed E-state index contributed by atoms with van der Waals surface area (Å²) in [5.74, 6) is -0.690. The van der Waals surface area contributed by atoms with Gasteiger partial charge >= 0.3 is 6.18 Å². The lowest BCUT2D eigenvalue weighted by Crippen LogP contribution is -2.40. The molecule has 1 aliphatic carbocycles. The predicted molar refractivity (Wildman–Crippen MR) is 127 cm³/mol. The Labute approximate surface area is 208 Å². The van der Waals surface area contributed by atoms with Gasteiger partial charge in [-0.15, -0.1) is 0 Å². The van der Waals surface area contributed by atoms with Crippen LogP contribution < -0.4 is 5.32 Å². The second-order valence-corrected chi connectivity index (χ2v) is 11.6. The van der Waals surface area contributed by atoms with Gasteiger partial charge in [0.05, 0.1) is 23.4 Å². The number of benzene rings is 1. The van der Waals surface area contributed by atoms with Crippen molar-refractivity contribution in [2.45, 2.75) is 48.4 Å². The van der Waals surface area contributed by atoms with E-state index in [0.717, 1.165) is 50.0 Å². The number of amides is 1. The summed E-state index contributed by atoms with van der Waals surface area (Å²) in [5, 5.41) is 5.39. The normalized spacial score (nSPS) is 21.9. The number of aromatic nitrogens is 2. The summed E-state index contributed by atoms with van der Waals surface area (Å²) in [7, 11) is -2.33. The Morgan fingerprint density at radius 2 is 1.81 bits per heavy atom. The van der Waals surface area contributed by atoms with Crippen molar-refractivity contribution in [1.29, 1.82) is 0 Å². The number of carbonyl (C=O) groups excluding carboxylic acids is 1. The number of hydrogen-bond acceptors (Lipinski definition) is 6. The second-order valence-electron chi connectivity index (χ2n) is 9.39. The van der Waals surface area contributed by atoms with Crippen LogP contribution in [-0.4, -0.2) is 67.1 Å². The van der Waals surface area contributed by atoms with Crippen molar-refractivity contribution in [2.24, 2.45) is 13.0 Å². The van der Waals surface area contributed by atoms with E-state index in [1.807, 2.05) is 0 Å². The summed E-state index contributed by atoms with van der Waals surface area (Å²) in [5.41, 5.74) is -1.14. The number of carbonyl (C=O) groups is 1. The number of morpholine rings is 1. The van der Waals surface area contributed by atoms with Gasteiger partial charge in [-0.1, -0.05) is 12.8 Å². The molecule has 12 heteroatoms. The van der Waals surface area contributed by atoms with Crippen molar-refractivity contribution < 1.29 is 31.1 Å². The maximum Gasteiger partial charge on any atom is 0.435 e. The number of anilines is 1. The summed E-state index contributed by atoms with van der Waals surface area (Å²) in [6.07, 6.45) is -0.441. The van der Waals surface area contributed by atoms with Crippen LogP contribution in [0.1, 0.15) is 48.3 Å². The molecule has 1 aromatic carbocycles. The minimum Gasteiger partial charge on any atom is -0.379 e. The van der Waals surface area contributed by atoms with Crippen LogP contribution in [0.25, 0.3) is 0 Å². The lowest BCUT2D eigenvalue weighted by atomic mass is 9.86. The molecule has 1 saturated carbocycles. The molecule has 2 aromatic rings. The van der Waals surface area contributed by atoms with Gasteiger partial charge in [0.1, 0.15) is 5.69 Å². The van der Waals surface area contributed by atoms with Gasteiger partial charge < -0.3 is 10.1 Å². The summed E-state index contributed by atoms with van der Waals surface area (Å²) >= 11 is 0. The maximum atomic E-state index is 13.5. The Kier molecular flexibility index (Phi) is 8.06. The molecule has 0 radical (unpaired) electrons. The van der Waals surface area contributed by atoms with Gasteiger partial charge in [0, 0.05) is 31.9 Å². The van der Waals surface area contributed by atoms with Gasteiger partial charge in [0.2, 0.25) is 0 Å². The number of alkyl halides is 3. The van der Waals surface area contributed by atoms with E-state index in [2.05, 4.69) is 15.3 Å². The fourth-order valence-corrected chi connectivity index (χ4v) is 7.12. The average Bonchev–Trinajstić information content (AvgIpc) is 3.26. The number of nitrogens with one attached hydrogen (secondary N) is 1. The van der Waals surface area contributed by atoms with Crippen molar-refractivity contribution in [1.82, 2.24) is 14.7 Å². The van der Waals surface area contributed by atoms with E-state index in [0.29, 0.717) is 25.7 Å². The van der Waals surface area contributed by atoms with Crippen LogP contribution >= 0.6 is 0 Å². The van der Waals surface area contributed by atoms with Crippen molar-refractivity contribution >= 4 is 21.4 Å². The highest BCUT2D eigenvalue weighted by molar-refractivity contribution is 7.92. The Morgan fingerprint density at radius 1 is 1.14 bits per heavy atom. The van der Waals surface area contributed by atoms with E-state index in [1.54, 1.807) is 0 Å². The summed E-state index contributed by atoms with van der Waals surface area (Å²) in [6.45, 7) is 4.01. The van der Waals surface area contributed by atoms with Gasteiger partial charge in [0.15, 0.2) is 15.5 Å². The number of ether oxygens (including phenoxy) is 1. The van der Waals surface area contributed by atoms with Crippen molar-refractivity contribution in [3.8, 4) is 0 Å². The number of aryl methyl sites for hydroxylation is 1. The fourth-order valence-electron chi connectivity index (χ4n) is 5.00. The largest absolute Gasteiger partial charge is 0.435 e. The van der Waals surface area contributed by atoms with Crippen LogP contribution in [0.3, 0.4) is 0 Å². The molecule has 1 aliphatic heterocycles. The standard InChI is InChI=1S/C24H31F3N4O4S/c1-30-20(16-22(29-30)24(25,26)27)23(32)28-18-6-8-19(9-7-18)36(33,34)21-5-3-2-4-17(21)10-11-31-12-14-35-15-13-31/h6-9,16-17,21H,2-5,10-15H2,1H3,(H,28,32)/t17-,21?/m0/s1. The number of nitrogens with zero attached hydrogens (tertiary/aromatic N) is 3. The number of hydrogen-bond donors (Lipinski definition) is 1. The Balaban J connectivity index is 1.43. The van der Waals surface area contributed by atoms with Crippen molar-refractivity contribution in [3.05, 3.63) is 41.7 Å². The molecule has 1 N–H and O–H groups in total. The summed E-state index contributed by atoms with van der Waals surface area (Å²) in [6, 6.07) is 6.48. The molecule has 0 spiro atoms. The molecule has 2 atom stereocenters. The zero-order valence-corrected chi connectivity index (χ0v) is 20.9. The Hall–Kier alpha value is -2.44. The molecule has 1 amide bonds. The first-order chi connectivity index (χ1) is 17.1. The third kappa shape index (κ3) is 6.09. The topological polar surface area (TPSA) is 93.5 Å². The maximum absolute atomic E-state index is 13.5.